The van der Waals surface area contributed by atoms with Gasteiger partial charge in [0.1, 0.15) is 0 Å². The Labute approximate surface area is 186 Å². The van der Waals surface area contributed by atoms with Gasteiger partial charge in [-0.25, -0.2) is 4.68 Å². The number of nitrogens with one attached hydrogen (secondary N) is 2. The van der Waals surface area contributed by atoms with Crippen LogP contribution in [-0.2, 0) is 11.2 Å². The predicted molar refractivity (Wildman–Crippen MR) is 126 cm³/mol. The highest BCUT2D eigenvalue weighted by atomic mass is 16.2. The molecule has 2 aromatic carbocycles. The molecule has 0 fully saturated rings. The minimum absolute atomic E-state index is 0.0445. The van der Waals surface area contributed by atoms with Crippen molar-refractivity contribution in [3.8, 4) is 16.8 Å². The highest BCUT2D eigenvalue weighted by Crippen LogP contribution is 2.29. The Morgan fingerprint density at radius 1 is 1.25 bits per heavy atom. The summed E-state index contributed by atoms with van der Waals surface area (Å²) in [5.74, 6) is 0.158. The maximum Gasteiger partial charge on any atom is 0.251 e. The molecule has 8 heteroatoms. The van der Waals surface area contributed by atoms with Crippen LogP contribution in [0.2, 0.25) is 0 Å². The number of benzene rings is 2. The molecule has 0 atom stereocenters. The quantitative estimate of drug-likeness (QED) is 0.521. The van der Waals surface area contributed by atoms with Gasteiger partial charge in [0.05, 0.1) is 5.69 Å². The smallest absolute Gasteiger partial charge is 0.251 e. The highest BCUT2D eigenvalue weighted by Gasteiger charge is 2.18. The molecule has 1 aliphatic rings. The summed E-state index contributed by atoms with van der Waals surface area (Å²) < 4.78 is 1.69. The van der Waals surface area contributed by atoms with Crippen molar-refractivity contribution in [2.45, 2.75) is 6.42 Å². The molecule has 4 rings (SSSR count). The second-order valence-corrected chi connectivity index (χ2v) is 7.95. The van der Waals surface area contributed by atoms with Gasteiger partial charge in [-0.1, -0.05) is 24.3 Å². The number of fused-ring (bicyclic) bond motifs is 1. The largest absolute Gasteiger partial charge is 0.382 e. The lowest BCUT2D eigenvalue weighted by atomic mass is 9.96. The van der Waals surface area contributed by atoms with Crippen molar-refractivity contribution in [2.24, 2.45) is 0 Å². The number of aromatic nitrogens is 2. The first kappa shape index (κ1) is 21.3. The van der Waals surface area contributed by atoms with E-state index in [9.17, 15) is 9.59 Å². The van der Waals surface area contributed by atoms with E-state index < -0.39 is 0 Å². The van der Waals surface area contributed by atoms with Crippen LogP contribution in [0, 0.1) is 0 Å². The Balaban J connectivity index is 1.55. The molecule has 2 heterocycles. The average Bonchev–Trinajstić information content (AvgIpc) is 3.15. The van der Waals surface area contributed by atoms with Crippen molar-refractivity contribution in [2.75, 3.05) is 38.2 Å². The lowest BCUT2D eigenvalue weighted by Crippen LogP contribution is -2.31. The number of carbonyl (C=O) groups excluding carboxylic acids is 2. The molecule has 0 saturated carbocycles. The van der Waals surface area contributed by atoms with Gasteiger partial charge in [-0.05, 0) is 55.9 Å². The predicted octanol–water partition coefficient (Wildman–Crippen LogP) is 2.46. The number of nitrogen functional groups attached to an aromatic ring is 1. The van der Waals surface area contributed by atoms with Gasteiger partial charge in [-0.2, -0.15) is 5.10 Å². The summed E-state index contributed by atoms with van der Waals surface area (Å²) in [5.41, 5.74) is 11.1. The van der Waals surface area contributed by atoms with Crippen LogP contribution in [0.4, 0.5) is 11.5 Å². The Hall–Kier alpha value is -3.91. The van der Waals surface area contributed by atoms with E-state index in [2.05, 4.69) is 15.7 Å². The first-order chi connectivity index (χ1) is 15.4. The maximum absolute atomic E-state index is 12.1. The number of nitrogens with two attached hydrogens (primary N) is 1. The monoisotopic (exact) mass is 430 g/mol. The Kier molecular flexibility index (Phi) is 6.04. The zero-order valence-electron chi connectivity index (χ0n) is 18.1. The number of rotatable bonds is 6. The fourth-order valence-corrected chi connectivity index (χ4v) is 3.62. The first-order valence-electron chi connectivity index (χ1n) is 10.4. The summed E-state index contributed by atoms with van der Waals surface area (Å²) in [6, 6.07) is 13.1. The third-order valence-corrected chi connectivity index (χ3v) is 5.20. The number of nitrogens with zero attached hydrogens (tertiary/aromatic N) is 3. The van der Waals surface area contributed by atoms with Crippen LogP contribution in [0.3, 0.4) is 0 Å². The van der Waals surface area contributed by atoms with E-state index >= 15 is 0 Å². The molecular weight excluding hydrogens is 404 g/mol. The molecule has 2 amide bonds. The summed E-state index contributed by atoms with van der Waals surface area (Å²) in [6.07, 6.45) is 5.97. The van der Waals surface area contributed by atoms with Crippen LogP contribution in [0.1, 0.15) is 15.9 Å². The van der Waals surface area contributed by atoms with Gasteiger partial charge in [0.15, 0.2) is 5.82 Å². The molecule has 3 aromatic rings. The van der Waals surface area contributed by atoms with E-state index in [0.717, 1.165) is 28.8 Å². The Morgan fingerprint density at radius 2 is 2.09 bits per heavy atom. The molecule has 1 aromatic heterocycles. The van der Waals surface area contributed by atoms with Crippen LogP contribution in [-0.4, -0.2) is 53.7 Å². The van der Waals surface area contributed by atoms with E-state index in [0.29, 0.717) is 30.2 Å². The molecule has 0 unspecified atom stereocenters. The van der Waals surface area contributed by atoms with Crippen molar-refractivity contribution in [1.82, 2.24) is 20.0 Å². The van der Waals surface area contributed by atoms with Gasteiger partial charge in [0.25, 0.3) is 5.91 Å². The molecule has 8 nitrogen and oxygen atoms in total. The van der Waals surface area contributed by atoms with E-state index in [1.807, 2.05) is 73.7 Å². The van der Waals surface area contributed by atoms with Crippen molar-refractivity contribution < 1.29 is 9.59 Å². The van der Waals surface area contributed by atoms with Gasteiger partial charge in [-0.15, -0.1) is 0 Å². The van der Waals surface area contributed by atoms with Crippen LogP contribution < -0.4 is 16.4 Å². The van der Waals surface area contributed by atoms with Crippen LogP contribution in [0.15, 0.2) is 60.8 Å². The number of hydrogen-bond acceptors (Lipinski definition) is 5. The summed E-state index contributed by atoms with van der Waals surface area (Å²) in [7, 11) is 3.88. The van der Waals surface area contributed by atoms with E-state index in [-0.39, 0.29) is 11.8 Å². The van der Waals surface area contributed by atoms with Crippen LogP contribution >= 0.6 is 0 Å². The minimum Gasteiger partial charge on any atom is -0.382 e. The molecule has 4 N–H and O–H groups in total. The van der Waals surface area contributed by atoms with Crippen LogP contribution in [0.5, 0.6) is 0 Å². The zero-order valence-corrected chi connectivity index (χ0v) is 18.1. The number of likely N-dealkylation sites (N-methyl/N-ethyl adjacent to an activating group) is 1. The normalized spacial score (nSPS) is 13.3. The van der Waals surface area contributed by atoms with Gasteiger partial charge in [-0.3, -0.25) is 9.59 Å². The molecule has 0 saturated heterocycles. The Morgan fingerprint density at radius 3 is 2.91 bits per heavy atom. The number of anilines is 2. The molecule has 1 aliphatic heterocycles. The number of carbonyl (C=O) groups is 2. The second kappa shape index (κ2) is 9.07. The molecular formula is C24H26N6O2. The molecule has 0 bridgehead atoms. The average molecular weight is 431 g/mol. The van der Waals surface area contributed by atoms with Gasteiger partial charge in [0, 0.05) is 42.2 Å². The number of hydrogen-bond donors (Lipinski definition) is 3. The highest BCUT2D eigenvalue weighted by molar-refractivity contribution is 5.99. The number of amides is 2. The van der Waals surface area contributed by atoms with Crippen molar-refractivity contribution in [3.63, 3.8) is 0 Å². The maximum atomic E-state index is 12.1. The van der Waals surface area contributed by atoms with Crippen molar-refractivity contribution in [1.29, 1.82) is 0 Å². The van der Waals surface area contributed by atoms with Gasteiger partial charge >= 0.3 is 0 Å². The van der Waals surface area contributed by atoms with Crippen LogP contribution in [0.25, 0.3) is 16.8 Å². The lowest BCUT2D eigenvalue weighted by molar-refractivity contribution is -0.111. The Bertz CT molecular complexity index is 1190. The minimum atomic E-state index is -0.192. The molecule has 164 valence electrons. The lowest BCUT2D eigenvalue weighted by Gasteiger charge is -2.17. The van der Waals surface area contributed by atoms with Crippen molar-refractivity contribution >= 4 is 23.3 Å². The summed E-state index contributed by atoms with van der Waals surface area (Å²) in [4.78, 5) is 26.1. The summed E-state index contributed by atoms with van der Waals surface area (Å²) in [5, 5.41) is 10.2. The third-order valence-electron chi connectivity index (χ3n) is 5.20. The second-order valence-electron chi connectivity index (χ2n) is 7.95. The van der Waals surface area contributed by atoms with Gasteiger partial charge in [0.2, 0.25) is 5.91 Å². The third kappa shape index (κ3) is 4.70. The van der Waals surface area contributed by atoms with E-state index in [4.69, 9.17) is 5.73 Å². The summed E-state index contributed by atoms with van der Waals surface area (Å²) in [6.45, 7) is 1.32. The molecule has 0 radical (unpaired) electrons. The molecule has 0 spiro atoms. The SMILES string of the molecule is CN(C)C/C=C/C(=O)Nc1cccc(-n2cc(-c3ccc4c(c3)CCNC4=O)c(N)n2)c1. The topological polar surface area (TPSA) is 105 Å². The van der Waals surface area contributed by atoms with Gasteiger partial charge < -0.3 is 21.3 Å². The van der Waals surface area contributed by atoms with Crippen molar-refractivity contribution in [3.05, 3.63) is 71.9 Å². The molecule has 32 heavy (non-hydrogen) atoms. The molecule has 0 aliphatic carbocycles. The fraction of sp³-hybridized carbons (Fsp3) is 0.208. The van der Waals surface area contributed by atoms with E-state index in [1.165, 1.54) is 6.08 Å². The standard InChI is InChI=1S/C24H26N6O2/c1-29(2)12-4-7-22(31)27-18-5-3-6-19(14-18)30-15-21(23(25)28-30)16-8-9-20-17(13-16)10-11-26-24(20)32/h3-9,13-15H,10-12H2,1-2H3,(H2,25,28)(H,26,32)(H,27,31)/b7-4+. The van der Waals surface area contributed by atoms with E-state index in [1.54, 1.807) is 4.68 Å². The summed E-state index contributed by atoms with van der Waals surface area (Å²) >= 11 is 0. The fourth-order valence-electron chi connectivity index (χ4n) is 3.62. The first-order valence-corrected chi connectivity index (χ1v) is 10.4. The zero-order chi connectivity index (χ0) is 22.7.